The van der Waals surface area contributed by atoms with Crippen molar-refractivity contribution in [2.45, 2.75) is 0 Å². The molecule has 0 aromatic carbocycles. The molecule has 0 aliphatic heterocycles. The summed E-state index contributed by atoms with van der Waals surface area (Å²) in [6.45, 7) is 0. The van der Waals surface area contributed by atoms with Gasteiger partial charge < -0.3 is 0 Å². The van der Waals surface area contributed by atoms with Crippen LogP contribution < -0.4 is 0 Å². The van der Waals surface area contributed by atoms with E-state index in [-0.39, 0.29) is 75.7 Å². The maximum absolute atomic E-state index is 0. The molecule has 0 fully saturated rings. The maximum atomic E-state index is 0. The summed E-state index contributed by atoms with van der Waals surface area (Å²) in [7, 11) is 0. The van der Waals surface area contributed by atoms with E-state index in [0.717, 1.165) is 0 Å². The molecule has 0 spiro atoms. The minimum atomic E-state index is 0. The van der Waals surface area contributed by atoms with Gasteiger partial charge in [0.1, 0.15) is 0 Å². The van der Waals surface area contributed by atoms with E-state index in [2.05, 4.69) is 0 Å². The minimum Gasteiger partial charge on any atom is 0 e. The topological polar surface area (TPSA) is 0 Å². The van der Waals surface area contributed by atoms with Crippen LogP contribution in [0, 0.1) is 0 Å². The average Bonchev–Trinajstić information content (AvgIpc) is 0. The predicted octanol–water partition coefficient (Wildman–Crippen LogP) is -0.0100. The fraction of sp³-hybridized carbons (Fsp3) is 0. The van der Waals surface area contributed by atoms with Gasteiger partial charge in [-0.1, -0.05) is 0 Å². The van der Waals surface area contributed by atoms with Gasteiger partial charge in [-0.3, -0.25) is 0 Å². The minimum absolute atomic E-state index is 0. The van der Waals surface area contributed by atoms with Crippen molar-refractivity contribution < 1.29 is 75.7 Å². The summed E-state index contributed by atoms with van der Waals surface area (Å²) in [5, 5.41) is 0. The van der Waals surface area contributed by atoms with Gasteiger partial charge in [0.25, 0.3) is 0 Å². The predicted molar refractivity (Wildman–Crippen MR) is 0 cm³/mol. The van der Waals surface area contributed by atoms with E-state index in [9.17, 15) is 0 Å². The third-order valence-corrected chi connectivity index (χ3v) is 0. The first-order valence-electron chi connectivity index (χ1n) is 0. The van der Waals surface area contributed by atoms with Gasteiger partial charge in [0.15, 0.2) is 0 Å². The van der Waals surface area contributed by atoms with E-state index in [0.29, 0.717) is 0 Å². The smallest absolute Gasteiger partial charge is 0 e. The van der Waals surface area contributed by atoms with Crippen molar-refractivity contribution in [2.75, 3.05) is 0 Å². The zero-order chi connectivity index (χ0) is 0. The molecule has 0 aliphatic rings. The Hall–Kier alpha value is 2.39. The molecule has 1 radical (unpaired) electrons. The van der Waals surface area contributed by atoms with Crippen molar-refractivity contribution in [3.05, 3.63) is 0 Å². The number of rotatable bonds is 0. The molecule has 0 saturated heterocycles. The third-order valence-electron chi connectivity index (χ3n) is 0. The second-order valence-electron chi connectivity index (χ2n) is 0. The first-order valence-corrected chi connectivity index (χ1v) is 0. The molecule has 0 bridgehead atoms. The van der Waals surface area contributed by atoms with Crippen LogP contribution in [0.3, 0.4) is 0 Å². The van der Waals surface area contributed by atoms with Crippen LogP contribution in [0.2, 0.25) is 0 Å². The molecule has 4 heavy (non-hydrogen) atoms. The first kappa shape index (κ1) is 32.5. The normalized spacial score (nSPS) is 0. The Morgan fingerprint density at radius 1 is 1.00 bits per heavy atom. The molecule has 0 atom stereocenters. The van der Waals surface area contributed by atoms with Crippen molar-refractivity contribution in [3.63, 3.8) is 0 Å². The molecule has 0 amide bonds. The van der Waals surface area contributed by atoms with Crippen molar-refractivity contribution in [3.8, 4) is 0 Å². The van der Waals surface area contributed by atoms with Crippen LogP contribution in [0.25, 0.3) is 0 Å². The Kier molecular flexibility index (Phi) is 148. The molecule has 0 heterocycles. The molecule has 0 nitrogen and oxygen atoms in total. The van der Waals surface area contributed by atoms with E-state index in [1.54, 1.807) is 0 Å². The Bertz CT molecular complexity index is 8.00. The molecule has 0 aliphatic carbocycles. The summed E-state index contributed by atoms with van der Waals surface area (Å²) in [6.07, 6.45) is 0. The molecule has 0 rings (SSSR count). The summed E-state index contributed by atoms with van der Waals surface area (Å²) < 4.78 is 0. The van der Waals surface area contributed by atoms with Crippen LogP contribution in [0.1, 0.15) is 0 Å². The molecule has 0 aromatic heterocycles. The van der Waals surface area contributed by atoms with Crippen LogP contribution in [0.15, 0.2) is 0 Å². The summed E-state index contributed by atoms with van der Waals surface area (Å²) in [6, 6.07) is 0. The molecule has 0 N–H and O–H groups in total. The van der Waals surface area contributed by atoms with Crippen molar-refractivity contribution in [1.82, 2.24) is 0 Å². The Morgan fingerprint density at radius 3 is 1.00 bits per heavy atom. The van der Waals surface area contributed by atoms with Crippen molar-refractivity contribution in [1.29, 1.82) is 0 Å². The quantitative estimate of drug-likeness (QED) is 0.498. The largest absolute Gasteiger partial charge is 0 e. The number of hydrogen-bond donors (Lipinski definition) is 0. The summed E-state index contributed by atoms with van der Waals surface area (Å²) in [4.78, 5) is 0. The van der Waals surface area contributed by atoms with Crippen LogP contribution in [-0.4, -0.2) is 0 Å². The zero-order valence-corrected chi connectivity index (χ0v) is 7.87. The van der Waals surface area contributed by atoms with Gasteiger partial charge >= 0.3 is 0 Å². The summed E-state index contributed by atoms with van der Waals surface area (Å²) >= 11 is 0. The van der Waals surface area contributed by atoms with Gasteiger partial charge in [-0.25, -0.2) is 0 Å². The van der Waals surface area contributed by atoms with Crippen LogP contribution in [0.5, 0.6) is 0 Å². The SMILES string of the molecule is [Mn].[Mo].[Ni].[Pt]. The fourth-order valence-electron chi connectivity index (χ4n) is 0. The van der Waals surface area contributed by atoms with Crippen molar-refractivity contribution in [2.24, 2.45) is 0 Å². The van der Waals surface area contributed by atoms with E-state index in [1.165, 1.54) is 0 Å². The molecular formula is MnMoNiPt. The van der Waals surface area contributed by atoms with E-state index in [4.69, 9.17) is 0 Å². The van der Waals surface area contributed by atoms with E-state index < -0.39 is 0 Å². The molecule has 0 saturated carbocycles. The van der Waals surface area contributed by atoms with Crippen LogP contribution >= 0.6 is 0 Å². The van der Waals surface area contributed by atoms with Crippen LogP contribution in [0.4, 0.5) is 0 Å². The molecular weight excluding hydrogens is 405 g/mol. The van der Waals surface area contributed by atoms with Gasteiger partial charge in [-0.05, 0) is 0 Å². The van der Waals surface area contributed by atoms with Gasteiger partial charge in [-0.15, -0.1) is 0 Å². The van der Waals surface area contributed by atoms with Gasteiger partial charge in [0, 0.05) is 75.7 Å². The third kappa shape index (κ3) is 8.83. The monoisotopic (exact) mass is 406 g/mol. The van der Waals surface area contributed by atoms with Gasteiger partial charge in [0.05, 0.1) is 0 Å². The molecule has 0 aromatic rings. The maximum Gasteiger partial charge on any atom is 0 e. The standard InChI is InChI=1S/Mn.Mo.Ni.Pt. The summed E-state index contributed by atoms with van der Waals surface area (Å²) in [5.41, 5.74) is 0. The Morgan fingerprint density at radius 2 is 1.00 bits per heavy atom. The Labute approximate surface area is 74.8 Å². The van der Waals surface area contributed by atoms with E-state index in [1.807, 2.05) is 0 Å². The second-order valence-corrected chi connectivity index (χ2v) is 0. The Balaban J connectivity index is 0. The number of hydrogen-bond acceptors (Lipinski definition) is 0. The van der Waals surface area contributed by atoms with Crippen molar-refractivity contribution >= 4 is 0 Å². The van der Waals surface area contributed by atoms with Crippen LogP contribution in [-0.2, 0) is 75.7 Å². The second kappa shape index (κ2) is 18.2. The average molecular weight is 405 g/mol. The van der Waals surface area contributed by atoms with Gasteiger partial charge in [0.2, 0.25) is 0 Å². The van der Waals surface area contributed by atoms with Gasteiger partial charge in [-0.2, -0.15) is 0 Å². The molecule has 33 valence electrons. The van der Waals surface area contributed by atoms with E-state index >= 15 is 0 Å². The zero-order valence-electron chi connectivity index (χ0n) is 1.42. The fourth-order valence-corrected chi connectivity index (χ4v) is 0. The summed E-state index contributed by atoms with van der Waals surface area (Å²) in [5.74, 6) is 0. The first-order chi connectivity index (χ1) is 0. The molecule has 4 heteroatoms. The molecule has 0 unspecified atom stereocenters.